The van der Waals surface area contributed by atoms with Crippen molar-refractivity contribution in [1.82, 2.24) is 4.98 Å². The molecule has 0 N–H and O–H groups in total. The number of nitrogens with zero attached hydrogens (tertiary/aromatic N) is 1. The monoisotopic (exact) mass is 287 g/mol. The van der Waals surface area contributed by atoms with Crippen molar-refractivity contribution in [1.29, 1.82) is 0 Å². The van der Waals surface area contributed by atoms with Gasteiger partial charge in [0.05, 0.1) is 17.9 Å². The molecular formula is C17H18FNO2. The second kappa shape index (κ2) is 6.48. The zero-order valence-corrected chi connectivity index (χ0v) is 12.4. The summed E-state index contributed by atoms with van der Waals surface area (Å²) < 4.78 is 18.5. The zero-order chi connectivity index (χ0) is 15.4. The van der Waals surface area contributed by atoms with Gasteiger partial charge in [-0.25, -0.2) is 9.37 Å². The molecule has 0 amide bonds. The summed E-state index contributed by atoms with van der Waals surface area (Å²) in [5.74, 6) is 0.211. The molecular weight excluding hydrogens is 269 g/mol. The first-order valence-corrected chi connectivity index (χ1v) is 6.95. The highest BCUT2D eigenvalue weighted by atomic mass is 19.1. The first-order valence-electron chi connectivity index (χ1n) is 6.95. The van der Waals surface area contributed by atoms with E-state index in [0.717, 1.165) is 23.1 Å². The van der Waals surface area contributed by atoms with E-state index in [1.807, 2.05) is 20.8 Å². The number of aromatic nitrogens is 1. The van der Waals surface area contributed by atoms with Crippen molar-refractivity contribution in [2.45, 2.75) is 26.7 Å². The van der Waals surface area contributed by atoms with Crippen LogP contribution < -0.4 is 4.74 Å². The van der Waals surface area contributed by atoms with Crippen molar-refractivity contribution in [3.05, 3.63) is 47.3 Å². The predicted molar refractivity (Wildman–Crippen MR) is 80.3 cm³/mol. The Labute approximate surface area is 123 Å². The molecule has 4 heteroatoms. The number of hydrogen-bond acceptors (Lipinski definition) is 3. The van der Waals surface area contributed by atoms with Crippen LogP contribution in [-0.4, -0.2) is 17.9 Å². The van der Waals surface area contributed by atoms with Gasteiger partial charge in [-0.05, 0) is 48.7 Å². The van der Waals surface area contributed by atoms with Gasteiger partial charge in [0.25, 0.3) is 0 Å². The van der Waals surface area contributed by atoms with Gasteiger partial charge in [-0.2, -0.15) is 0 Å². The predicted octanol–water partition coefficient (Wildman–Crippen LogP) is 4.22. The summed E-state index contributed by atoms with van der Waals surface area (Å²) in [5.41, 5.74) is 2.90. The lowest BCUT2D eigenvalue weighted by Gasteiger charge is -2.15. The molecule has 0 unspecified atom stereocenters. The van der Waals surface area contributed by atoms with Gasteiger partial charge in [0, 0.05) is 5.56 Å². The molecule has 1 heterocycles. The van der Waals surface area contributed by atoms with Gasteiger partial charge in [0.15, 0.2) is 6.29 Å². The molecule has 1 aromatic heterocycles. The summed E-state index contributed by atoms with van der Waals surface area (Å²) in [4.78, 5) is 15.7. The van der Waals surface area contributed by atoms with Gasteiger partial charge in [-0.1, -0.05) is 13.8 Å². The molecule has 0 aliphatic heterocycles. The summed E-state index contributed by atoms with van der Waals surface area (Å²) in [7, 11) is 0. The number of ether oxygens (including phenoxy) is 1. The quantitative estimate of drug-likeness (QED) is 0.773. The standard InChI is InChI=1S/C17H18FNO2/c1-4-21-17-13(10-20)9-15(11(2)3)16(19-17)12-5-7-14(18)8-6-12/h5-11H,4H2,1-3H3. The van der Waals surface area contributed by atoms with Crippen LogP contribution in [0.3, 0.4) is 0 Å². The molecule has 0 aliphatic rings. The van der Waals surface area contributed by atoms with E-state index in [4.69, 9.17) is 4.74 Å². The molecule has 0 fully saturated rings. The molecule has 3 nitrogen and oxygen atoms in total. The number of benzene rings is 1. The number of aldehydes is 1. The molecule has 110 valence electrons. The van der Waals surface area contributed by atoms with Gasteiger partial charge < -0.3 is 4.74 Å². The second-order valence-corrected chi connectivity index (χ2v) is 5.03. The first-order chi connectivity index (χ1) is 10.1. The van der Waals surface area contributed by atoms with Crippen LogP contribution in [0.2, 0.25) is 0 Å². The third-order valence-corrected chi connectivity index (χ3v) is 3.19. The largest absolute Gasteiger partial charge is 0.477 e. The summed E-state index contributed by atoms with van der Waals surface area (Å²) >= 11 is 0. The minimum absolute atomic E-state index is 0.187. The highest BCUT2D eigenvalue weighted by Crippen LogP contribution is 2.31. The maximum atomic E-state index is 13.1. The van der Waals surface area contributed by atoms with Gasteiger partial charge in [-0.15, -0.1) is 0 Å². The Morgan fingerprint density at radius 3 is 2.48 bits per heavy atom. The van der Waals surface area contributed by atoms with Gasteiger partial charge in [0.1, 0.15) is 5.82 Å². The van der Waals surface area contributed by atoms with Crippen LogP contribution in [0.4, 0.5) is 4.39 Å². The van der Waals surface area contributed by atoms with Crippen LogP contribution in [0.1, 0.15) is 42.6 Å². The van der Waals surface area contributed by atoms with E-state index in [2.05, 4.69) is 4.98 Å². The van der Waals surface area contributed by atoms with Crippen LogP contribution in [0.15, 0.2) is 30.3 Å². The summed E-state index contributed by atoms with van der Waals surface area (Å²) in [5, 5.41) is 0. The average molecular weight is 287 g/mol. The van der Waals surface area contributed by atoms with Gasteiger partial charge >= 0.3 is 0 Å². The minimum atomic E-state index is -0.292. The lowest BCUT2D eigenvalue weighted by atomic mass is 9.95. The van der Waals surface area contributed by atoms with Crippen molar-refractivity contribution in [2.75, 3.05) is 6.61 Å². The Kier molecular flexibility index (Phi) is 4.68. The van der Waals surface area contributed by atoms with Crippen molar-refractivity contribution in [3.8, 4) is 17.1 Å². The van der Waals surface area contributed by atoms with Gasteiger partial charge in [0.2, 0.25) is 5.88 Å². The topological polar surface area (TPSA) is 39.2 Å². The van der Waals surface area contributed by atoms with E-state index >= 15 is 0 Å². The van der Waals surface area contributed by atoms with Crippen molar-refractivity contribution >= 4 is 6.29 Å². The Balaban J connectivity index is 2.63. The lowest BCUT2D eigenvalue weighted by molar-refractivity contribution is 0.111. The maximum Gasteiger partial charge on any atom is 0.224 e. The summed E-state index contributed by atoms with van der Waals surface area (Å²) in [6.07, 6.45) is 0.748. The molecule has 0 bridgehead atoms. The Hall–Kier alpha value is -2.23. The molecule has 0 radical (unpaired) electrons. The minimum Gasteiger partial charge on any atom is -0.477 e. The van der Waals surface area contributed by atoms with E-state index < -0.39 is 0 Å². The molecule has 0 spiro atoms. The lowest BCUT2D eigenvalue weighted by Crippen LogP contribution is -2.04. The van der Waals surface area contributed by atoms with Crippen molar-refractivity contribution in [2.24, 2.45) is 0 Å². The Morgan fingerprint density at radius 2 is 1.95 bits per heavy atom. The summed E-state index contributed by atoms with van der Waals surface area (Å²) in [6, 6.07) is 7.96. The van der Waals surface area contributed by atoms with E-state index in [-0.39, 0.29) is 11.7 Å². The first kappa shape index (κ1) is 15.2. The van der Waals surface area contributed by atoms with E-state index in [0.29, 0.717) is 18.1 Å². The molecule has 0 saturated heterocycles. The van der Waals surface area contributed by atoms with Crippen LogP contribution in [0.5, 0.6) is 5.88 Å². The second-order valence-electron chi connectivity index (χ2n) is 5.03. The maximum absolute atomic E-state index is 13.1. The fourth-order valence-corrected chi connectivity index (χ4v) is 2.14. The molecule has 1 aromatic carbocycles. The van der Waals surface area contributed by atoms with Crippen LogP contribution in [0.25, 0.3) is 11.3 Å². The SMILES string of the molecule is CCOc1nc(-c2ccc(F)cc2)c(C(C)C)cc1C=O. The molecule has 2 rings (SSSR count). The molecule has 0 aliphatic carbocycles. The highest BCUT2D eigenvalue weighted by molar-refractivity contribution is 5.81. The van der Waals surface area contributed by atoms with Crippen molar-refractivity contribution < 1.29 is 13.9 Å². The zero-order valence-electron chi connectivity index (χ0n) is 12.4. The normalized spacial score (nSPS) is 10.7. The number of pyridine rings is 1. The number of carbonyl (C=O) groups is 1. The van der Waals surface area contributed by atoms with E-state index in [1.165, 1.54) is 12.1 Å². The van der Waals surface area contributed by atoms with Crippen LogP contribution in [-0.2, 0) is 0 Å². The number of carbonyl (C=O) groups excluding carboxylic acids is 1. The average Bonchev–Trinajstić information content (AvgIpc) is 2.47. The fourth-order valence-electron chi connectivity index (χ4n) is 2.14. The molecule has 0 atom stereocenters. The highest BCUT2D eigenvalue weighted by Gasteiger charge is 2.16. The Bertz CT molecular complexity index is 636. The van der Waals surface area contributed by atoms with E-state index in [9.17, 15) is 9.18 Å². The summed E-state index contributed by atoms with van der Waals surface area (Å²) in [6.45, 7) is 6.32. The third kappa shape index (κ3) is 3.27. The van der Waals surface area contributed by atoms with E-state index in [1.54, 1.807) is 18.2 Å². The molecule has 0 saturated carbocycles. The third-order valence-electron chi connectivity index (χ3n) is 3.19. The fraction of sp³-hybridized carbons (Fsp3) is 0.294. The van der Waals surface area contributed by atoms with Crippen LogP contribution >= 0.6 is 0 Å². The molecule has 21 heavy (non-hydrogen) atoms. The number of rotatable bonds is 5. The smallest absolute Gasteiger partial charge is 0.224 e. The van der Waals surface area contributed by atoms with Crippen molar-refractivity contribution in [3.63, 3.8) is 0 Å². The molecule has 2 aromatic rings. The number of hydrogen-bond donors (Lipinski definition) is 0. The van der Waals surface area contributed by atoms with Gasteiger partial charge in [-0.3, -0.25) is 4.79 Å². The Morgan fingerprint density at radius 1 is 1.29 bits per heavy atom. The van der Waals surface area contributed by atoms with Crippen LogP contribution in [0, 0.1) is 5.82 Å². The number of halogens is 1.